The van der Waals surface area contributed by atoms with Crippen LogP contribution in [0.1, 0.15) is 37.0 Å². The maximum Gasteiger partial charge on any atom is 0.251 e. The van der Waals surface area contributed by atoms with E-state index in [0.717, 1.165) is 18.2 Å². The number of halogens is 1. The van der Waals surface area contributed by atoms with Crippen LogP contribution in [0.3, 0.4) is 0 Å². The molecule has 104 valence electrons. The molecule has 1 aliphatic heterocycles. The van der Waals surface area contributed by atoms with Crippen LogP contribution >= 0.6 is 15.9 Å². The fourth-order valence-corrected chi connectivity index (χ4v) is 2.93. The number of hydrogen-bond acceptors (Lipinski definition) is 3. The maximum absolute atomic E-state index is 12.3. The first-order chi connectivity index (χ1) is 9.14. The van der Waals surface area contributed by atoms with Crippen molar-refractivity contribution >= 4 is 21.8 Å². The molecule has 5 heteroatoms. The molecule has 2 rings (SSSR count). The molecule has 0 spiro atoms. The van der Waals surface area contributed by atoms with Gasteiger partial charge in [-0.25, -0.2) is 0 Å². The van der Waals surface area contributed by atoms with Crippen molar-refractivity contribution in [3.8, 4) is 11.5 Å². The number of fused-ring (bicyclic) bond motifs is 1. The molecule has 19 heavy (non-hydrogen) atoms. The zero-order chi connectivity index (χ0) is 13.9. The summed E-state index contributed by atoms with van der Waals surface area (Å²) in [6.07, 6.45) is 1.76. The van der Waals surface area contributed by atoms with Crippen molar-refractivity contribution in [2.45, 2.75) is 32.2 Å². The minimum Gasteiger partial charge on any atom is -0.454 e. The lowest BCUT2D eigenvalue weighted by Crippen LogP contribution is -2.49. The Morgan fingerprint density at radius 1 is 1.32 bits per heavy atom. The van der Waals surface area contributed by atoms with Crippen molar-refractivity contribution in [2.75, 3.05) is 12.1 Å². The van der Waals surface area contributed by atoms with Gasteiger partial charge in [-0.3, -0.25) is 4.79 Å². The highest BCUT2D eigenvalue weighted by Gasteiger charge is 2.27. The number of carbonyl (C=O) groups is 1. The summed E-state index contributed by atoms with van der Waals surface area (Å²) in [4.78, 5) is 12.3. The number of benzene rings is 1. The number of hydrogen-bond donors (Lipinski definition) is 1. The molecule has 0 bridgehead atoms. The highest BCUT2D eigenvalue weighted by Crippen LogP contribution is 2.32. The second-order valence-electron chi connectivity index (χ2n) is 4.64. The van der Waals surface area contributed by atoms with Crippen LogP contribution in [-0.2, 0) is 0 Å². The summed E-state index contributed by atoms with van der Waals surface area (Å²) in [5.41, 5.74) is 0.393. The molecule has 1 aliphatic rings. The van der Waals surface area contributed by atoms with E-state index in [1.54, 1.807) is 18.2 Å². The zero-order valence-corrected chi connectivity index (χ0v) is 12.7. The number of carbonyl (C=O) groups excluding carboxylic acids is 1. The van der Waals surface area contributed by atoms with Crippen LogP contribution in [0.15, 0.2) is 18.2 Å². The summed E-state index contributed by atoms with van der Waals surface area (Å²) in [6, 6.07) is 5.25. The summed E-state index contributed by atoms with van der Waals surface area (Å²) in [5.74, 6) is 1.24. The predicted molar refractivity (Wildman–Crippen MR) is 77.1 cm³/mol. The molecule has 0 aliphatic carbocycles. The monoisotopic (exact) mass is 327 g/mol. The average molecular weight is 328 g/mol. The Labute approximate surface area is 121 Å². The normalized spacial score (nSPS) is 13.4. The fourth-order valence-electron chi connectivity index (χ4n) is 2.00. The van der Waals surface area contributed by atoms with Crippen LogP contribution in [0, 0.1) is 0 Å². The first-order valence-electron chi connectivity index (χ1n) is 6.42. The quantitative estimate of drug-likeness (QED) is 0.845. The number of nitrogens with one attached hydrogen (secondary N) is 1. The number of rotatable bonds is 5. The van der Waals surface area contributed by atoms with Crippen molar-refractivity contribution < 1.29 is 14.3 Å². The second-order valence-corrected chi connectivity index (χ2v) is 5.20. The smallest absolute Gasteiger partial charge is 0.251 e. The van der Waals surface area contributed by atoms with E-state index in [1.165, 1.54) is 0 Å². The van der Waals surface area contributed by atoms with Crippen molar-refractivity contribution in [1.82, 2.24) is 5.32 Å². The number of ether oxygens (including phenoxy) is 2. The van der Waals surface area contributed by atoms with Crippen LogP contribution < -0.4 is 14.8 Å². The molecule has 0 aromatic heterocycles. The van der Waals surface area contributed by atoms with Gasteiger partial charge in [-0.15, -0.1) is 0 Å². The van der Waals surface area contributed by atoms with Gasteiger partial charge in [-0.1, -0.05) is 29.8 Å². The molecule has 0 fully saturated rings. The molecule has 0 saturated heterocycles. The van der Waals surface area contributed by atoms with Crippen LogP contribution in [0.25, 0.3) is 0 Å². The highest BCUT2D eigenvalue weighted by atomic mass is 79.9. The van der Waals surface area contributed by atoms with Crippen LogP contribution in [0.5, 0.6) is 11.5 Å². The molecule has 1 aromatic rings. The van der Waals surface area contributed by atoms with E-state index in [-0.39, 0.29) is 18.2 Å². The van der Waals surface area contributed by atoms with E-state index in [0.29, 0.717) is 17.1 Å². The summed E-state index contributed by atoms with van der Waals surface area (Å²) in [7, 11) is 0. The first-order valence-corrected chi connectivity index (χ1v) is 7.54. The van der Waals surface area contributed by atoms with Crippen LogP contribution in [-0.4, -0.2) is 23.6 Å². The Balaban J connectivity index is 2.16. The van der Waals surface area contributed by atoms with E-state index in [9.17, 15) is 4.79 Å². The topological polar surface area (TPSA) is 47.6 Å². The van der Waals surface area contributed by atoms with E-state index >= 15 is 0 Å². The summed E-state index contributed by atoms with van der Waals surface area (Å²) in [6.45, 7) is 4.37. The van der Waals surface area contributed by atoms with E-state index in [4.69, 9.17) is 9.47 Å². The second kappa shape index (κ2) is 5.82. The largest absolute Gasteiger partial charge is 0.454 e. The molecule has 4 nitrogen and oxygen atoms in total. The standard InChI is InChI=1S/C14H18BrNO3/c1-3-14(4-2,8-15)16-13(17)10-5-6-11-12(7-10)19-9-18-11/h5-7H,3-4,8-9H2,1-2H3,(H,16,17). The van der Waals surface area contributed by atoms with Gasteiger partial charge in [-0.05, 0) is 31.0 Å². The van der Waals surface area contributed by atoms with Crippen molar-refractivity contribution in [1.29, 1.82) is 0 Å². The van der Waals surface area contributed by atoms with Gasteiger partial charge >= 0.3 is 0 Å². The first kappa shape index (κ1) is 14.2. The third kappa shape index (κ3) is 2.86. The minimum absolute atomic E-state index is 0.0820. The van der Waals surface area contributed by atoms with Gasteiger partial charge in [0.25, 0.3) is 5.91 Å². The Morgan fingerprint density at radius 2 is 2.00 bits per heavy atom. The van der Waals surface area contributed by atoms with E-state index in [2.05, 4.69) is 35.1 Å². The van der Waals surface area contributed by atoms with Gasteiger partial charge < -0.3 is 14.8 Å². The molecular formula is C14H18BrNO3. The number of alkyl halides is 1. The molecule has 1 heterocycles. The summed E-state index contributed by atoms with van der Waals surface area (Å²) in [5, 5.41) is 3.84. The molecule has 0 radical (unpaired) electrons. The molecular weight excluding hydrogens is 310 g/mol. The highest BCUT2D eigenvalue weighted by molar-refractivity contribution is 9.09. The van der Waals surface area contributed by atoms with Gasteiger partial charge in [0.1, 0.15) is 0 Å². The van der Waals surface area contributed by atoms with Gasteiger partial charge in [0.2, 0.25) is 6.79 Å². The lowest BCUT2D eigenvalue weighted by molar-refractivity contribution is 0.0903. The van der Waals surface area contributed by atoms with Crippen molar-refractivity contribution in [3.05, 3.63) is 23.8 Å². The van der Waals surface area contributed by atoms with E-state index < -0.39 is 0 Å². The number of amides is 1. The van der Waals surface area contributed by atoms with Gasteiger partial charge in [-0.2, -0.15) is 0 Å². The molecule has 1 aromatic carbocycles. The molecule has 0 atom stereocenters. The van der Waals surface area contributed by atoms with E-state index in [1.807, 2.05) is 0 Å². The van der Waals surface area contributed by atoms with Gasteiger partial charge in [0.05, 0.1) is 0 Å². The summed E-state index contributed by atoms with van der Waals surface area (Å²) < 4.78 is 10.5. The lowest BCUT2D eigenvalue weighted by Gasteiger charge is -2.30. The van der Waals surface area contributed by atoms with Crippen LogP contribution in [0.4, 0.5) is 0 Å². The van der Waals surface area contributed by atoms with Gasteiger partial charge in [0, 0.05) is 16.4 Å². The molecule has 0 saturated carbocycles. The van der Waals surface area contributed by atoms with Crippen LogP contribution in [0.2, 0.25) is 0 Å². The molecule has 1 N–H and O–H groups in total. The third-order valence-electron chi connectivity index (χ3n) is 3.62. The Hall–Kier alpha value is -1.23. The zero-order valence-electron chi connectivity index (χ0n) is 11.2. The van der Waals surface area contributed by atoms with Gasteiger partial charge in [0.15, 0.2) is 11.5 Å². The Bertz CT molecular complexity index is 463. The SMILES string of the molecule is CCC(CC)(CBr)NC(=O)c1ccc2c(c1)OCO2. The predicted octanol–water partition coefficient (Wildman–Crippen LogP) is 3.10. The van der Waals surface area contributed by atoms with Crippen molar-refractivity contribution in [3.63, 3.8) is 0 Å². The third-order valence-corrected chi connectivity index (χ3v) is 4.70. The minimum atomic E-state index is -0.201. The Kier molecular flexibility index (Phi) is 4.34. The summed E-state index contributed by atoms with van der Waals surface area (Å²) >= 11 is 3.48. The lowest BCUT2D eigenvalue weighted by atomic mass is 9.95. The fraction of sp³-hybridized carbons (Fsp3) is 0.500. The molecule has 1 amide bonds. The Morgan fingerprint density at radius 3 is 2.63 bits per heavy atom. The maximum atomic E-state index is 12.3. The van der Waals surface area contributed by atoms with Crippen molar-refractivity contribution in [2.24, 2.45) is 0 Å². The molecule has 0 unspecified atom stereocenters. The average Bonchev–Trinajstić information content (AvgIpc) is 2.92.